The fraction of sp³-hybridized carbons (Fsp3) is 0.111. The van der Waals surface area contributed by atoms with Crippen molar-refractivity contribution in [2.24, 2.45) is 0 Å². The van der Waals surface area contributed by atoms with Crippen LogP contribution >= 0.6 is 15.9 Å². The Bertz CT molecular complexity index is 510. The third-order valence-corrected chi connectivity index (χ3v) is 2.45. The van der Waals surface area contributed by atoms with E-state index < -0.39 is 11.6 Å². The second-order valence-electron chi connectivity index (χ2n) is 2.95. The van der Waals surface area contributed by atoms with Gasteiger partial charge in [0, 0.05) is 6.07 Å². The topological polar surface area (TPSA) is 30.7 Å². The van der Waals surface area contributed by atoms with Gasteiger partial charge < -0.3 is 0 Å². The number of rotatable bonds is 1. The van der Waals surface area contributed by atoms with E-state index in [2.05, 4.69) is 26.0 Å². The van der Waals surface area contributed by atoms with Crippen molar-refractivity contribution in [2.75, 3.05) is 0 Å². The molecule has 0 saturated heterocycles. The standard InChI is InChI=1S/C9H6BrF2N3/c1-5-13-4-15(14-5)9-2-6(10)7(11)3-8(9)12/h2-4H,1H3. The predicted molar refractivity (Wildman–Crippen MR) is 53.7 cm³/mol. The molecule has 1 aromatic heterocycles. The van der Waals surface area contributed by atoms with Crippen LogP contribution in [0.1, 0.15) is 5.82 Å². The second kappa shape index (κ2) is 3.69. The highest BCUT2D eigenvalue weighted by molar-refractivity contribution is 9.10. The van der Waals surface area contributed by atoms with Gasteiger partial charge in [0.25, 0.3) is 0 Å². The Morgan fingerprint density at radius 3 is 2.60 bits per heavy atom. The third-order valence-electron chi connectivity index (χ3n) is 1.84. The zero-order valence-electron chi connectivity index (χ0n) is 7.71. The number of hydrogen-bond acceptors (Lipinski definition) is 2. The summed E-state index contributed by atoms with van der Waals surface area (Å²) in [6.07, 6.45) is 1.37. The zero-order valence-corrected chi connectivity index (χ0v) is 9.29. The van der Waals surface area contributed by atoms with Crippen LogP contribution in [0, 0.1) is 18.6 Å². The fourth-order valence-corrected chi connectivity index (χ4v) is 1.48. The first-order valence-corrected chi connectivity index (χ1v) is 4.90. The zero-order chi connectivity index (χ0) is 11.0. The molecule has 78 valence electrons. The molecule has 0 aliphatic carbocycles. The van der Waals surface area contributed by atoms with Gasteiger partial charge in [-0.05, 0) is 28.9 Å². The van der Waals surface area contributed by atoms with E-state index in [1.807, 2.05) is 0 Å². The Labute approximate surface area is 92.9 Å². The summed E-state index contributed by atoms with van der Waals surface area (Å²) in [7, 11) is 0. The first kappa shape index (κ1) is 10.2. The van der Waals surface area contributed by atoms with Gasteiger partial charge in [-0.25, -0.2) is 18.4 Å². The van der Waals surface area contributed by atoms with Gasteiger partial charge in [-0.1, -0.05) is 0 Å². The number of aryl methyl sites for hydroxylation is 1. The monoisotopic (exact) mass is 273 g/mol. The Balaban J connectivity index is 2.58. The number of aromatic nitrogens is 3. The third kappa shape index (κ3) is 1.90. The van der Waals surface area contributed by atoms with Gasteiger partial charge in [-0.3, -0.25) is 0 Å². The van der Waals surface area contributed by atoms with Crippen molar-refractivity contribution in [2.45, 2.75) is 6.92 Å². The smallest absolute Gasteiger partial charge is 0.151 e. The number of hydrogen-bond donors (Lipinski definition) is 0. The molecule has 1 aromatic carbocycles. The summed E-state index contributed by atoms with van der Waals surface area (Å²) in [5.74, 6) is -0.802. The lowest BCUT2D eigenvalue weighted by Gasteiger charge is -2.03. The molecular formula is C9H6BrF2N3. The number of benzene rings is 1. The van der Waals surface area contributed by atoms with Gasteiger partial charge in [0.05, 0.1) is 4.47 Å². The molecule has 2 rings (SSSR count). The molecule has 0 saturated carbocycles. The normalized spacial score (nSPS) is 10.7. The minimum atomic E-state index is -0.680. The maximum Gasteiger partial charge on any atom is 0.151 e. The highest BCUT2D eigenvalue weighted by Gasteiger charge is 2.10. The molecular weight excluding hydrogens is 268 g/mol. The Hall–Kier alpha value is -1.30. The Morgan fingerprint density at radius 1 is 1.27 bits per heavy atom. The van der Waals surface area contributed by atoms with Gasteiger partial charge in [0.2, 0.25) is 0 Å². The minimum Gasteiger partial charge on any atom is -0.220 e. The molecule has 0 amide bonds. The SMILES string of the molecule is Cc1ncn(-c2cc(Br)c(F)cc2F)n1. The van der Waals surface area contributed by atoms with Crippen LogP contribution in [0.25, 0.3) is 5.69 Å². The van der Waals surface area contributed by atoms with Crippen molar-refractivity contribution in [1.82, 2.24) is 14.8 Å². The second-order valence-corrected chi connectivity index (χ2v) is 3.81. The summed E-state index contributed by atoms with van der Waals surface area (Å²) < 4.78 is 27.8. The van der Waals surface area contributed by atoms with E-state index in [0.29, 0.717) is 5.82 Å². The number of halogens is 3. The van der Waals surface area contributed by atoms with E-state index in [9.17, 15) is 8.78 Å². The summed E-state index contributed by atoms with van der Waals surface area (Å²) in [6, 6.07) is 2.12. The highest BCUT2D eigenvalue weighted by atomic mass is 79.9. The molecule has 1 heterocycles. The average molecular weight is 274 g/mol. The van der Waals surface area contributed by atoms with Crippen LogP contribution in [0.5, 0.6) is 0 Å². The lowest BCUT2D eigenvalue weighted by molar-refractivity contribution is 0.569. The number of nitrogens with zero attached hydrogens (tertiary/aromatic N) is 3. The van der Waals surface area contributed by atoms with Crippen molar-refractivity contribution in [3.05, 3.63) is 40.4 Å². The molecule has 15 heavy (non-hydrogen) atoms. The van der Waals surface area contributed by atoms with Crippen LogP contribution in [0.3, 0.4) is 0 Å². The average Bonchev–Trinajstić information content (AvgIpc) is 2.58. The van der Waals surface area contributed by atoms with Gasteiger partial charge in [-0.2, -0.15) is 5.10 Å². The van der Waals surface area contributed by atoms with Gasteiger partial charge >= 0.3 is 0 Å². The van der Waals surface area contributed by atoms with E-state index in [4.69, 9.17) is 0 Å². The van der Waals surface area contributed by atoms with Crippen molar-refractivity contribution in [3.63, 3.8) is 0 Å². The largest absolute Gasteiger partial charge is 0.220 e. The maximum absolute atomic E-state index is 13.4. The molecule has 0 unspecified atom stereocenters. The lowest BCUT2D eigenvalue weighted by Crippen LogP contribution is -1.99. The molecule has 0 N–H and O–H groups in total. The Morgan fingerprint density at radius 2 is 2.00 bits per heavy atom. The summed E-state index contributed by atoms with van der Waals surface area (Å²) in [5, 5.41) is 3.93. The van der Waals surface area contributed by atoms with E-state index in [1.165, 1.54) is 17.1 Å². The first-order valence-electron chi connectivity index (χ1n) is 4.11. The molecule has 0 fully saturated rings. The van der Waals surface area contributed by atoms with Crippen molar-refractivity contribution < 1.29 is 8.78 Å². The maximum atomic E-state index is 13.4. The molecule has 0 aliphatic heterocycles. The Kier molecular flexibility index (Phi) is 2.52. The molecule has 0 spiro atoms. The lowest BCUT2D eigenvalue weighted by atomic mass is 10.3. The van der Waals surface area contributed by atoms with Gasteiger partial charge in [0.1, 0.15) is 23.7 Å². The molecule has 6 heteroatoms. The van der Waals surface area contributed by atoms with Crippen LogP contribution in [0.15, 0.2) is 22.9 Å². The van der Waals surface area contributed by atoms with E-state index >= 15 is 0 Å². The van der Waals surface area contributed by atoms with E-state index in [-0.39, 0.29) is 10.2 Å². The van der Waals surface area contributed by atoms with Crippen molar-refractivity contribution in [3.8, 4) is 5.69 Å². The van der Waals surface area contributed by atoms with Crippen molar-refractivity contribution >= 4 is 15.9 Å². The van der Waals surface area contributed by atoms with Crippen molar-refractivity contribution in [1.29, 1.82) is 0 Å². The molecule has 0 atom stereocenters. The van der Waals surface area contributed by atoms with Crippen LogP contribution in [-0.4, -0.2) is 14.8 Å². The molecule has 2 aromatic rings. The fourth-order valence-electron chi connectivity index (χ4n) is 1.15. The quantitative estimate of drug-likeness (QED) is 0.748. The summed E-state index contributed by atoms with van der Waals surface area (Å²) in [5.41, 5.74) is 0.156. The molecule has 0 radical (unpaired) electrons. The first-order chi connectivity index (χ1) is 7.08. The van der Waals surface area contributed by atoms with Crippen LogP contribution in [0.2, 0.25) is 0 Å². The molecule has 3 nitrogen and oxygen atoms in total. The van der Waals surface area contributed by atoms with Gasteiger partial charge in [0.15, 0.2) is 5.82 Å². The van der Waals surface area contributed by atoms with Crippen LogP contribution in [-0.2, 0) is 0 Å². The summed E-state index contributed by atoms with van der Waals surface area (Å²) in [4.78, 5) is 3.86. The minimum absolute atomic E-state index is 0.156. The summed E-state index contributed by atoms with van der Waals surface area (Å²) >= 11 is 2.98. The molecule has 0 bridgehead atoms. The van der Waals surface area contributed by atoms with E-state index in [0.717, 1.165) is 6.07 Å². The van der Waals surface area contributed by atoms with Crippen LogP contribution in [0.4, 0.5) is 8.78 Å². The predicted octanol–water partition coefficient (Wildman–Crippen LogP) is 2.62. The van der Waals surface area contributed by atoms with E-state index in [1.54, 1.807) is 6.92 Å². The van der Waals surface area contributed by atoms with Crippen LogP contribution < -0.4 is 0 Å². The summed E-state index contributed by atoms with van der Waals surface area (Å²) in [6.45, 7) is 1.69. The van der Waals surface area contributed by atoms with Gasteiger partial charge in [-0.15, -0.1) is 0 Å². The highest BCUT2D eigenvalue weighted by Crippen LogP contribution is 2.22. The molecule has 0 aliphatic rings.